The molecule has 0 heterocycles. The average Bonchev–Trinajstić information content (AvgIpc) is 2.76. The van der Waals surface area contributed by atoms with Crippen molar-refractivity contribution >= 4 is 6.41 Å². The number of ether oxygens (including phenoxy) is 1. The van der Waals surface area contributed by atoms with E-state index in [0.717, 1.165) is 32.4 Å². The number of nitrogens with one attached hydrogen (secondary N) is 1. The molecule has 0 atom stereocenters. The molecule has 0 aromatic heterocycles. The van der Waals surface area contributed by atoms with Crippen LogP contribution in [0.25, 0.3) is 0 Å². The molecule has 0 unspecified atom stereocenters. The van der Waals surface area contributed by atoms with E-state index < -0.39 is 0 Å². The van der Waals surface area contributed by atoms with Gasteiger partial charge in [-0.15, -0.1) is 0 Å². The van der Waals surface area contributed by atoms with Gasteiger partial charge in [0.2, 0.25) is 6.41 Å². The number of unbranched alkanes of at least 4 members (excludes halogenated alkanes) is 18. The number of carbonyl (C=O) groups excluding carboxylic acids is 1. The van der Waals surface area contributed by atoms with Gasteiger partial charge in [0, 0.05) is 13.2 Å². The fraction of sp³-hybridized carbons (Fsp3) is 0.964. The van der Waals surface area contributed by atoms with Gasteiger partial charge < -0.3 is 10.1 Å². The molecule has 1 N–H and O–H groups in total. The normalized spacial score (nSPS) is 10.7. The predicted molar refractivity (Wildman–Crippen MR) is 139 cm³/mol. The Balaban J connectivity index is 0. The van der Waals surface area contributed by atoms with Crippen LogP contribution < -0.4 is 5.32 Å². The highest BCUT2D eigenvalue weighted by Gasteiger charge is 1.94. The Bertz CT molecular complexity index is 291. The van der Waals surface area contributed by atoms with Crippen molar-refractivity contribution in [1.29, 1.82) is 0 Å². The van der Waals surface area contributed by atoms with E-state index in [4.69, 9.17) is 4.74 Å². The number of hydrogen-bond donors (Lipinski definition) is 1. The lowest BCUT2D eigenvalue weighted by Crippen LogP contribution is -2.11. The minimum atomic E-state index is 0.344. The molecule has 3 nitrogen and oxygen atoms in total. The zero-order valence-electron chi connectivity index (χ0n) is 22.0. The summed E-state index contributed by atoms with van der Waals surface area (Å²) in [7, 11) is 0. The molecule has 0 spiro atoms. The van der Waals surface area contributed by atoms with Crippen LogP contribution in [0, 0.1) is 0 Å². The molecule has 0 aromatic rings. The first kappa shape index (κ1) is 32.6. The zero-order valence-corrected chi connectivity index (χ0v) is 22.0. The van der Waals surface area contributed by atoms with E-state index in [2.05, 4.69) is 19.2 Å². The molecule has 0 rings (SSSR count). The summed E-state index contributed by atoms with van der Waals surface area (Å²) in [5, 5.41) is 2.65. The summed E-state index contributed by atoms with van der Waals surface area (Å²) in [5.74, 6) is 0. The summed E-state index contributed by atoms with van der Waals surface area (Å²) in [5.41, 5.74) is 0. The minimum absolute atomic E-state index is 0.344. The molecule has 0 bridgehead atoms. The standard InChI is InChI=1S/C18H38.C10H21NO2/c1-3-5-7-9-11-13-15-17-18-16-14-12-10-8-6-4-2;1-10(2)13-8-6-4-3-5-7-11-9-12/h3-18H2,1-2H3;9-10H,3-8H2,1-2H3,(H,11,12). The van der Waals surface area contributed by atoms with Crippen LogP contribution >= 0.6 is 0 Å². The third-order valence-electron chi connectivity index (χ3n) is 5.71. The Morgan fingerprint density at radius 1 is 0.581 bits per heavy atom. The first-order chi connectivity index (χ1) is 15.2. The molecule has 3 heteroatoms. The zero-order chi connectivity index (χ0) is 23.3. The Hall–Kier alpha value is -0.570. The third-order valence-corrected chi connectivity index (χ3v) is 5.71. The van der Waals surface area contributed by atoms with Crippen LogP contribution in [0.2, 0.25) is 0 Å². The van der Waals surface area contributed by atoms with Crippen LogP contribution in [0.4, 0.5) is 0 Å². The van der Waals surface area contributed by atoms with E-state index >= 15 is 0 Å². The van der Waals surface area contributed by atoms with Crippen LogP contribution in [0.3, 0.4) is 0 Å². The van der Waals surface area contributed by atoms with Gasteiger partial charge in [0.15, 0.2) is 0 Å². The largest absolute Gasteiger partial charge is 0.379 e. The van der Waals surface area contributed by atoms with Gasteiger partial charge in [-0.25, -0.2) is 0 Å². The van der Waals surface area contributed by atoms with Crippen LogP contribution in [-0.2, 0) is 9.53 Å². The first-order valence-corrected chi connectivity index (χ1v) is 14.0. The van der Waals surface area contributed by atoms with Gasteiger partial charge in [-0.3, -0.25) is 4.79 Å². The average molecular weight is 442 g/mol. The van der Waals surface area contributed by atoms with Crippen LogP contribution in [0.5, 0.6) is 0 Å². The third kappa shape index (κ3) is 37.1. The number of rotatable bonds is 24. The second kappa shape index (κ2) is 31.6. The van der Waals surface area contributed by atoms with E-state index in [-0.39, 0.29) is 0 Å². The van der Waals surface area contributed by atoms with Crippen molar-refractivity contribution in [2.24, 2.45) is 0 Å². The molecule has 0 saturated carbocycles. The van der Waals surface area contributed by atoms with Gasteiger partial charge in [-0.05, 0) is 26.7 Å². The summed E-state index contributed by atoms with van der Waals surface area (Å²) < 4.78 is 5.40. The number of carbonyl (C=O) groups is 1. The molecule has 0 aliphatic carbocycles. The molecule has 0 fully saturated rings. The number of amides is 1. The maximum atomic E-state index is 9.88. The second-order valence-corrected chi connectivity index (χ2v) is 9.36. The highest BCUT2D eigenvalue weighted by molar-refractivity contribution is 5.45. The van der Waals surface area contributed by atoms with Crippen LogP contribution in [0.1, 0.15) is 156 Å². The maximum Gasteiger partial charge on any atom is 0.207 e. The van der Waals surface area contributed by atoms with Crippen molar-refractivity contribution in [3.8, 4) is 0 Å². The predicted octanol–water partition coefficient (Wildman–Crippen LogP) is 8.99. The minimum Gasteiger partial charge on any atom is -0.379 e. The molecule has 31 heavy (non-hydrogen) atoms. The maximum absolute atomic E-state index is 9.88. The summed E-state index contributed by atoms with van der Waals surface area (Å²) >= 11 is 0. The van der Waals surface area contributed by atoms with Gasteiger partial charge in [-0.1, -0.05) is 129 Å². The number of hydrogen-bond acceptors (Lipinski definition) is 2. The Kier molecular flexibility index (Phi) is 33.3. The lowest BCUT2D eigenvalue weighted by Gasteiger charge is -2.06. The SMILES string of the molecule is CC(C)OCCCCCCNC=O.CCCCCCCCCCCCCCCCCC. The van der Waals surface area contributed by atoms with Gasteiger partial charge >= 0.3 is 0 Å². The van der Waals surface area contributed by atoms with Gasteiger partial charge in [-0.2, -0.15) is 0 Å². The van der Waals surface area contributed by atoms with E-state index in [1.807, 2.05) is 13.8 Å². The van der Waals surface area contributed by atoms with Crippen molar-refractivity contribution in [2.75, 3.05) is 13.2 Å². The molecular weight excluding hydrogens is 382 g/mol. The van der Waals surface area contributed by atoms with Gasteiger partial charge in [0.25, 0.3) is 0 Å². The molecule has 0 radical (unpaired) electrons. The fourth-order valence-electron chi connectivity index (χ4n) is 3.68. The van der Waals surface area contributed by atoms with Crippen molar-refractivity contribution < 1.29 is 9.53 Å². The van der Waals surface area contributed by atoms with Crippen LogP contribution in [0.15, 0.2) is 0 Å². The summed E-state index contributed by atoms with van der Waals surface area (Å²) in [6.45, 7) is 10.3. The Morgan fingerprint density at radius 3 is 1.29 bits per heavy atom. The molecule has 0 aromatic carbocycles. The first-order valence-electron chi connectivity index (χ1n) is 14.0. The van der Waals surface area contributed by atoms with E-state index in [1.165, 1.54) is 116 Å². The van der Waals surface area contributed by atoms with Gasteiger partial charge in [0.1, 0.15) is 0 Å². The Labute approximate surface area is 196 Å². The second-order valence-electron chi connectivity index (χ2n) is 9.36. The van der Waals surface area contributed by atoms with Crippen molar-refractivity contribution in [3.05, 3.63) is 0 Å². The molecular formula is C28H59NO2. The van der Waals surface area contributed by atoms with Crippen molar-refractivity contribution in [2.45, 2.75) is 162 Å². The topological polar surface area (TPSA) is 38.3 Å². The monoisotopic (exact) mass is 441 g/mol. The van der Waals surface area contributed by atoms with Crippen molar-refractivity contribution in [1.82, 2.24) is 5.32 Å². The Morgan fingerprint density at radius 2 is 0.935 bits per heavy atom. The lowest BCUT2D eigenvalue weighted by atomic mass is 10.0. The quantitative estimate of drug-likeness (QED) is 0.120. The highest BCUT2D eigenvalue weighted by atomic mass is 16.5. The fourth-order valence-corrected chi connectivity index (χ4v) is 3.68. The molecule has 188 valence electrons. The molecule has 0 aliphatic rings. The van der Waals surface area contributed by atoms with E-state index in [1.54, 1.807) is 0 Å². The highest BCUT2D eigenvalue weighted by Crippen LogP contribution is 2.13. The summed E-state index contributed by atoms with van der Waals surface area (Å²) in [4.78, 5) is 9.88. The molecule has 0 saturated heterocycles. The molecule has 1 amide bonds. The summed E-state index contributed by atoms with van der Waals surface area (Å²) in [6, 6.07) is 0. The van der Waals surface area contributed by atoms with E-state index in [9.17, 15) is 4.79 Å². The van der Waals surface area contributed by atoms with Crippen LogP contribution in [-0.4, -0.2) is 25.7 Å². The van der Waals surface area contributed by atoms with Gasteiger partial charge in [0.05, 0.1) is 6.10 Å². The van der Waals surface area contributed by atoms with E-state index in [0.29, 0.717) is 6.10 Å². The lowest BCUT2D eigenvalue weighted by molar-refractivity contribution is -0.109. The summed E-state index contributed by atoms with van der Waals surface area (Å²) in [6.07, 6.45) is 29.1. The van der Waals surface area contributed by atoms with Crippen molar-refractivity contribution in [3.63, 3.8) is 0 Å². The molecule has 0 aliphatic heterocycles. The smallest absolute Gasteiger partial charge is 0.207 e.